The smallest absolute Gasteiger partial charge is 0.407 e. The number of hydrogen-bond donors (Lipinski definition) is 4. The molecule has 0 unspecified atom stereocenters. The average Bonchev–Trinajstić information content (AvgIpc) is 4.16. The zero-order chi connectivity index (χ0) is 44.4. The molecule has 16 nitrogen and oxygen atoms in total. The summed E-state index contributed by atoms with van der Waals surface area (Å²) in [4.78, 5) is 71.9. The van der Waals surface area contributed by atoms with Crippen molar-refractivity contribution in [3.8, 4) is 39.3 Å². The summed E-state index contributed by atoms with van der Waals surface area (Å²) in [7, 11) is 2.58. The van der Waals surface area contributed by atoms with Gasteiger partial charge in [-0.1, -0.05) is 82.3 Å². The third-order valence-corrected chi connectivity index (χ3v) is 12.2. The van der Waals surface area contributed by atoms with Crippen molar-refractivity contribution < 1.29 is 28.7 Å². The van der Waals surface area contributed by atoms with E-state index in [1.165, 1.54) is 14.2 Å². The van der Waals surface area contributed by atoms with E-state index in [2.05, 4.69) is 57.0 Å². The van der Waals surface area contributed by atoms with Crippen LogP contribution in [0.25, 0.3) is 50.2 Å². The first-order valence-electron chi connectivity index (χ1n) is 21.5. The summed E-state index contributed by atoms with van der Waals surface area (Å²) in [5.41, 5.74) is 7.30. The van der Waals surface area contributed by atoms with Gasteiger partial charge < -0.3 is 39.9 Å². The van der Waals surface area contributed by atoms with Crippen LogP contribution in [0.15, 0.2) is 85.3 Å². The van der Waals surface area contributed by atoms with Gasteiger partial charge in [-0.05, 0) is 60.8 Å². The van der Waals surface area contributed by atoms with Gasteiger partial charge in [-0.25, -0.2) is 24.2 Å². The van der Waals surface area contributed by atoms with Gasteiger partial charge in [0.1, 0.15) is 23.7 Å². The van der Waals surface area contributed by atoms with Crippen molar-refractivity contribution in [1.82, 2.24) is 50.1 Å². The Kier molecular flexibility index (Phi) is 12.3. The maximum absolute atomic E-state index is 13.8. The summed E-state index contributed by atoms with van der Waals surface area (Å²) in [5.74, 6) is 0.809. The highest BCUT2D eigenvalue weighted by atomic mass is 16.5. The highest BCUT2D eigenvalue weighted by Crippen LogP contribution is 2.39. The molecular formula is C47H54N10O6. The van der Waals surface area contributed by atoms with Gasteiger partial charge in [-0.3, -0.25) is 9.59 Å². The van der Waals surface area contributed by atoms with Crippen LogP contribution in [-0.2, 0) is 19.1 Å². The van der Waals surface area contributed by atoms with Crippen molar-refractivity contribution in [2.75, 3.05) is 27.3 Å². The van der Waals surface area contributed by atoms with Crippen LogP contribution in [0, 0.1) is 11.8 Å². The number of hydrogen-bond acceptors (Lipinski definition) is 9. The molecule has 63 heavy (non-hydrogen) atoms. The minimum atomic E-state index is -0.725. The molecule has 0 aliphatic carbocycles. The molecule has 4 amide bonds. The molecule has 6 aromatic rings. The van der Waals surface area contributed by atoms with E-state index in [0.29, 0.717) is 24.7 Å². The Morgan fingerprint density at radius 1 is 0.651 bits per heavy atom. The van der Waals surface area contributed by atoms with E-state index in [1.807, 2.05) is 80.0 Å². The number of aromatic amines is 2. The molecule has 5 heterocycles. The topological polar surface area (TPSA) is 192 Å². The number of aromatic nitrogens is 6. The van der Waals surface area contributed by atoms with E-state index in [0.717, 1.165) is 75.9 Å². The first-order chi connectivity index (χ1) is 30.5. The van der Waals surface area contributed by atoms with Crippen LogP contribution in [0.2, 0.25) is 0 Å². The number of rotatable bonds is 12. The van der Waals surface area contributed by atoms with Crippen LogP contribution in [0.3, 0.4) is 0 Å². The minimum absolute atomic E-state index is 0.125. The maximum atomic E-state index is 13.8. The molecule has 2 aliphatic rings. The lowest BCUT2D eigenvalue weighted by atomic mass is 9.97. The van der Waals surface area contributed by atoms with E-state index >= 15 is 0 Å². The van der Waals surface area contributed by atoms with Crippen molar-refractivity contribution in [2.24, 2.45) is 11.8 Å². The fourth-order valence-corrected chi connectivity index (χ4v) is 8.88. The Labute approximate surface area is 365 Å². The standard InChI is InChI=1S/C47H54N10O6/c1-27(2)39(53-46(60)62-5)44(58)55-22-10-14-37(55)42-48-25-35(51-42)30-18-16-29(17-19-30)32-20-21-33(34-24-50-57(41(32)34)31-12-8-7-9-13-31)36-26-49-43(52-36)38-15-11-23-56(38)45(59)40(28(3)4)54-47(61)63-6/h7-9,12-13,16-21,24-28,37-40H,10-11,14-15,22-23H2,1-6H3,(H,48,51)(H,49,52)(H,53,60)(H,54,61)/t37-,38-,39-,40-/m0/s1. The molecule has 4 atom stereocenters. The van der Waals surface area contributed by atoms with Crippen LogP contribution in [0.4, 0.5) is 9.59 Å². The number of likely N-dealkylation sites (tertiary alicyclic amines) is 2. The Morgan fingerprint density at radius 2 is 1.16 bits per heavy atom. The lowest BCUT2D eigenvalue weighted by Crippen LogP contribution is -2.51. The second-order valence-electron chi connectivity index (χ2n) is 16.9. The lowest BCUT2D eigenvalue weighted by Gasteiger charge is -2.30. The first kappa shape index (κ1) is 42.7. The Morgan fingerprint density at radius 3 is 1.70 bits per heavy atom. The first-order valence-corrected chi connectivity index (χ1v) is 21.5. The molecule has 0 radical (unpaired) electrons. The number of methoxy groups -OCH3 is 2. The number of benzene rings is 3. The highest BCUT2D eigenvalue weighted by Gasteiger charge is 2.39. The molecule has 328 valence electrons. The van der Waals surface area contributed by atoms with E-state index in [-0.39, 0.29) is 35.7 Å². The summed E-state index contributed by atoms with van der Waals surface area (Å²) in [5, 5.41) is 11.3. The highest BCUT2D eigenvalue weighted by molar-refractivity contribution is 6.03. The van der Waals surface area contributed by atoms with Gasteiger partial charge >= 0.3 is 12.2 Å². The van der Waals surface area contributed by atoms with Crippen molar-refractivity contribution in [3.05, 3.63) is 97.0 Å². The molecule has 16 heteroatoms. The molecule has 8 rings (SSSR count). The van der Waals surface area contributed by atoms with E-state index < -0.39 is 24.3 Å². The normalized spacial score (nSPS) is 17.3. The summed E-state index contributed by atoms with van der Waals surface area (Å²) < 4.78 is 11.6. The number of carbonyl (C=O) groups excluding carboxylic acids is 4. The number of para-hydroxylation sites is 1. The van der Waals surface area contributed by atoms with Crippen LogP contribution in [-0.4, -0.2) is 103 Å². The van der Waals surface area contributed by atoms with Crippen LogP contribution < -0.4 is 10.6 Å². The average molecular weight is 855 g/mol. The molecule has 3 aromatic carbocycles. The lowest BCUT2D eigenvalue weighted by molar-refractivity contribution is -0.136. The number of fused-ring (bicyclic) bond motifs is 1. The SMILES string of the molecule is COC(=O)N[C@H](C(=O)N1CCC[C@H]1c1ncc(-c2ccc(-c3ccc(-c4cnc([C@@H]5CCCN5C(=O)[C@@H](NC(=O)OC)C(C)C)[nH]4)c4cnn(-c5ccccc5)c34)cc2)[nH]1)C(C)C. The molecule has 2 saturated heterocycles. The van der Waals surface area contributed by atoms with Crippen LogP contribution in [0.5, 0.6) is 0 Å². The molecule has 0 bridgehead atoms. The Bertz CT molecular complexity index is 2600. The van der Waals surface area contributed by atoms with E-state index in [9.17, 15) is 19.2 Å². The van der Waals surface area contributed by atoms with Crippen LogP contribution in [0.1, 0.15) is 77.1 Å². The molecule has 2 aliphatic heterocycles. The van der Waals surface area contributed by atoms with Gasteiger partial charge in [0.25, 0.3) is 0 Å². The number of alkyl carbamates (subject to hydrolysis) is 2. The zero-order valence-corrected chi connectivity index (χ0v) is 36.4. The fraction of sp³-hybridized carbons (Fsp3) is 0.383. The largest absolute Gasteiger partial charge is 0.453 e. The quantitative estimate of drug-likeness (QED) is 0.0962. The third-order valence-electron chi connectivity index (χ3n) is 12.2. The van der Waals surface area contributed by atoms with E-state index in [4.69, 9.17) is 24.5 Å². The predicted octanol–water partition coefficient (Wildman–Crippen LogP) is 7.56. The van der Waals surface area contributed by atoms with Gasteiger partial charge in [-0.15, -0.1) is 0 Å². The zero-order valence-electron chi connectivity index (χ0n) is 36.4. The van der Waals surface area contributed by atoms with Gasteiger partial charge in [0, 0.05) is 29.6 Å². The Hall–Kier alpha value is -6.97. The number of ether oxygens (including phenoxy) is 2. The van der Waals surface area contributed by atoms with Gasteiger partial charge in [0.05, 0.1) is 67.5 Å². The number of carbonyl (C=O) groups is 4. The van der Waals surface area contributed by atoms with Crippen molar-refractivity contribution >= 4 is 34.9 Å². The molecule has 0 spiro atoms. The second kappa shape index (κ2) is 18.2. The molecule has 0 saturated carbocycles. The van der Waals surface area contributed by atoms with Gasteiger partial charge in [0.2, 0.25) is 11.8 Å². The maximum Gasteiger partial charge on any atom is 0.407 e. The van der Waals surface area contributed by atoms with Crippen molar-refractivity contribution in [3.63, 3.8) is 0 Å². The number of H-pyrrole nitrogens is 2. The number of amides is 4. The fourth-order valence-electron chi connectivity index (χ4n) is 8.88. The summed E-state index contributed by atoms with van der Waals surface area (Å²) in [6, 6.07) is 20.5. The molecule has 4 N–H and O–H groups in total. The molecular weight excluding hydrogens is 801 g/mol. The van der Waals surface area contributed by atoms with Crippen molar-refractivity contribution in [2.45, 2.75) is 77.5 Å². The number of nitrogens with one attached hydrogen (secondary N) is 4. The van der Waals surface area contributed by atoms with Crippen LogP contribution >= 0.6 is 0 Å². The predicted molar refractivity (Wildman–Crippen MR) is 237 cm³/mol. The number of nitrogens with zero attached hydrogens (tertiary/aromatic N) is 6. The molecule has 3 aromatic heterocycles. The second-order valence-corrected chi connectivity index (χ2v) is 16.9. The Balaban J connectivity index is 1.07. The summed E-state index contributed by atoms with van der Waals surface area (Å²) in [6.07, 6.45) is 7.37. The van der Waals surface area contributed by atoms with Gasteiger partial charge in [-0.2, -0.15) is 5.10 Å². The minimum Gasteiger partial charge on any atom is -0.453 e. The summed E-state index contributed by atoms with van der Waals surface area (Å²) in [6.45, 7) is 8.73. The molecule has 2 fully saturated rings. The van der Waals surface area contributed by atoms with Gasteiger partial charge in [0.15, 0.2) is 0 Å². The summed E-state index contributed by atoms with van der Waals surface area (Å²) >= 11 is 0. The third kappa shape index (κ3) is 8.49. The monoisotopic (exact) mass is 854 g/mol. The van der Waals surface area contributed by atoms with E-state index in [1.54, 1.807) is 11.1 Å². The number of imidazole rings is 2. The van der Waals surface area contributed by atoms with Crippen molar-refractivity contribution in [1.29, 1.82) is 0 Å².